The Morgan fingerprint density at radius 2 is 1.86 bits per heavy atom. The fourth-order valence-electron chi connectivity index (χ4n) is 4.75. The highest BCUT2D eigenvalue weighted by Crippen LogP contribution is 2.39. The summed E-state index contributed by atoms with van der Waals surface area (Å²) >= 11 is 0. The molecule has 2 aliphatic rings. The van der Waals surface area contributed by atoms with Gasteiger partial charge in [0.05, 0.1) is 0 Å². The molecule has 148 valence electrons. The fraction of sp³-hybridized carbons (Fsp3) is 0.500. The molecule has 6 heteroatoms. The summed E-state index contributed by atoms with van der Waals surface area (Å²) in [4.78, 5) is 30.6. The molecule has 0 saturated carbocycles. The molecule has 2 fully saturated rings. The van der Waals surface area contributed by atoms with Gasteiger partial charge in [0.15, 0.2) is 0 Å². The third kappa shape index (κ3) is 3.21. The van der Waals surface area contributed by atoms with Crippen LogP contribution in [0.2, 0.25) is 0 Å². The van der Waals surface area contributed by atoms with Gasteiger partial charge >= 0.3 is 0 Å². The number of benzene rings is 1. The normalized spacial score (nSPS) is 22.2. The SMILES string of the molecule is CCn1nccc1C(=O)N1CCCC12CCCN(CCc1ccccc1)C2=O. The average molecular weight is 380 g/mol. The molecule has 4 rings (SSSR count). The van der Waals surface area contributed by atoms with Crippen molar-refractivity contribution in [2.24, 2.45) is 0 Å². The van der Waals surface area contributed by atoms with E-state index in [2.05, 4.69) is 17.2 Å². The molecule has 1 unspecified atom stereocenters. The topological polar surface area (TPSA) is 58.4 Å². The molecule has 2 amide bonds. The van der Waals surface area contributed by atoms with Gasteiger partial charge in [0, 0.05) is 32.4 Å². The number of likely N-dealkylation sites (tertiary alicyclic amines) is 2. The lowest BCUT2D eigenvalue weighted by atomic mass is 9.85. The molecule has 0 aliphatic carbocycles. The molecule has 3 heterocycles. The van der Waals surface area contributed by atoms with Crippen LogP contribution >= 0.6 is 0 Å². The largest absolute Gasteiger partial charge is 0.340 e. The Kier molecular flexibility index (Phi) is 5.20. The second kappa shape index (κ2) is 7.78. The smallest absolute Gasteiger partial charge is 0.273 e. The molecule has 0 radical (unpaired) electrons. The van der Waals surface area contributed by atoms with Crippen molar-refractivity contribution in [3.05, 3.63) is 53.9 Å². The van der Waals surface area contributed by atoms with Crippen LogP contribution in [-0.2, 0) is 17.8 Å². The summed E-state index contributed by atoms with van der Waals surface area (Å²) in [7, 11) is 0. The first-order valence-corrected chi connectivity index (χ1v) is 10.3. The summed E-state index contributed by atoms with van der Waals surface area (Å²) in [6.45, 7) is 4.75. The van der Waals surface area contributed by atoms with Crippen LogP contribution in [0.15, 0.2) is 42.6 Å². The molecule has 1 aromatic carbocycles. The minimum absolute atomic E-state index is 0.0601. The van der Waals surface area contributed by atoms with Crippen LogP contribution in [0.3, 0.4) is 0 Å². The van der Waals surface area contributed by atoms with Crippen LogP contribution < -0.4 is 0 Å². The summed E-state index contributed by atoms with van der Waals surface area (Å²) < 4.78 is 1.72. The number of rotatable bonds is 5. The molecule has 0 N–H and O–H groups in total. The van der Waals surface area contributed by atoms with Gasteiger partial charge in [0.1, 0.15) is 11.2 Å². The first-order valence-electron chi connectivity index (χ1n) is 10.3. The maximum atomic E-state index is 13.5. The summed E-state index contributed by atoms with van der Waals surface area (Å²) in [6.07, 6.45) is 5.86. The van der Waals surface area contributed by atoms with E-state index in [0.717, 1.165) is 38.6 Å². The number of amides is 2. The van der Waals surface area contributed by atoms with Crippen LogP contribution in [0.1, 0.15) is 48.7 Å². The second-order valence-electron chi connectivity index (χ2n) is 7.76. The lowest BCUT2D eigenvalue weighted by Crippen LogP contribution is -2.61. The number of piperidine rings is 1. The molecule has 2 saturated heterocycles. The Morgan fingerprint density at radius 1 is 1.11 bits per heavy atom. The van der Waals surface area contributed by atoms with Crippen molar-refractivity contribution in [1.82, 2.24) is 19.6 Å². The number of hydrogen-bond acceptors (Lipinski definition) is 3. The third-order valence-corrected chi connectivity index (χ3v) is 6.19. The molecule has 1 atom stereocenters. The van der Waals surface area contributed by atoms with Crippen molar-refractivity contribution in [2.45, 2.75) is 51.1 Å². The highest BCUT2D eigenvalue weighted by atomic mass is 16.2. The standard InChI is InChI=1S/C22H28N4O2/c1-2-26-19(10-14-23-26)20(27)25-16-7-13-22(25)12-6-15-24(21(22)28)17-11-18-8-4-3-5-9-18/h3-5,8-10,14H,2,6-7,11-13,15-17H2,1H3. The Morgan fingerprint density at radius 3 is 2.61 bits per heavy atom. The lowest BCUT2D eigenvalue weighted by molar-refractivity contribution is -0.145. The van der Waals surface area contributed by atoms with Crippen LogP contribution in [0, 0.1) is 0 Å². The van der Waals surface area contributed by atoms with Crippen LogP contribution in [0.25, 0.3) is 0 Å². The van der Waals surface area contributed by atoms with Crippen molar-refractivity contribution in [3.8, 4) is 0 Å². The van der Waals surface area contributed by atoms with Gasteiger partial charge in [-0.05, 0) is 50.7 Å². The molecule has 1 spiro atoms. The Labute approximate surface area is 166 Å². The quantitative estimate of drug-likeness (QED) is 0.801. The van der Waals surface area contributed by atoms with Gasteiger partial charge in [-0.2, -0.15) is 5.10 Å². The van der Waals surface area contributed by atoms with Crippen molar-refractivity contribution in [3.63, 3.8) is 0 Å². The highest BCUT2D eigenvalue weighted by molar-refractivity contribution is 5.99. The lowest BCUT2D eigenvalue weighted by Gasteiger charge is -2.44. The Bertz CT molecular complexity index is 847. The maximum absolute atomic E-state index is 13.5. The van der Waals surface area contributed by atoms with E-state index in [1.54, 1.807) is 16.9 Å². The third-order valence-electron chi connectivity index (χ3n) is 6.19. The van der Waals surface area contributed by atoms with E-state index in [0.29, 0.717) is 25.3 Å². The fourth-order valence-corrected chi connectivity index (χ4v) is 4.75. The molecule has 6 nitrogen and oxygen atoms in total. The van der Waals surface area contributed by atoms with Crippen LogP contribution in [0.4, 0.5) is 0 Å². The molecular weight excluding hydrogens is 352 g/mol. The average Bonchev–Trinajstić information content (AvgIpc) is 3.37. The van der Waals surface area contributed by atoms with E-state index in [9.17, 15) is 9.59 Å². The number of hydrogen-bond donors (Lipinski definition) is 0. The van der Waals surface area contributed by atoms with E-state index in [1.165, 1.54) is 5.56 Å². The van der Waals surface area contributed by atoms with E-state index in [4.69, 9.17) is 0 Å². The predicted octanol–water partition coefficient (Wildman–Crippen LogP) is 2.74. The zero-order valence-corrected chi connectivity index (χ0v) is 16.5. The first-order chi connectivity index (χ1) is 13.7. The number of nitrogens with zero attached hydrogens (tertiary/aromatic N) is 4. The van der Waals surface area contributed by atoms with E-state index < -0.39 is 5.54 Å². The number of carbonyl (C=O) groups is 2. The van der Waals surface area contributed by atoms with Gasteiger partial charge in [-0.3, -0.25) is 14.3 Å². The molecular formula is C22H28N4O2. The molecule has 1 aromatic heterocycles. The van der Waals surface area contributed by atoms with Gasteiger partial charge in [-0.1, -0.05) is 30.3 Å². The van der Waals surface area contributed by atoms with Gasteiger partial charge in [0.2, 0.25) is 5.91 Å². The zero-order chi connectivity index (χ0) is 19.6. The van der Waals surface area contributed by atoms with Crippen molar-refractivity contribution in [1.29, 1.82) is 0 Å². The molecule has 2 aromatic rings. The molecule has 0 bridgehead atoms. The van der Waals surface area contributed by atoms with Gasteiger partial charge in [0.25, 0.3) is 5.91 Å². The highest BCUT2D eigenvalue weighted by Gasteiger charge is 2.53. The van der Waals surface area contributed by atoms with Crippen LogP contribution in [-0.4, -0.2) is 56.6 Å². The monoisotopic (exact) mass is 380 g/mol. The summed E-state index contributed by atoms with van der Waals surface area (Å²) in [5.74, 6) is 0.0678. The maximum Gasteiger partial charge on any atom is 0.273 e. The van der Waals surface area contributed by atoms with Crippen LogP contribution in [0.5, 0.6) is 0 Å². The van der Waals surface area contributed by atoms with E-state index in [1.807, 2.05) is 34.9 Å². The Balaban J connectivity index is 1.53. The minimum Gasteiger partial charge on any atom is -0.340 e. The van der Waals surface area contributed by atoms with E-state index >= 15 is 0 Å². The van der Waals surface area contributed by atoms with E-state index in [-0.39, 0.29) is 11.8 Å². The predicted molar refractivity (Wildman–Crippen MR) is 107 cm³/mol. The van der Waals surface area contributed by atoms with Crippen molar-refractivity contribution >= 4 is 11.8 Å². The number of aromatic nitrogens is 2. The summed E-state index contributed by atoms with van der Waals surface area (Å²) in [5.41, 5.74) is 1.15. The van der Waals surface area contributed by atoms with Crippen molar-refractivity contribution < 1.29 is 9.59 Å². The summed E-state index contributed by atoms with van der Waals surface area (Å²) in [5, 5.41) is 4.23. The number of carbonyl (C=O) groups excluding carboxylic acids is 2. The summed E-state index contributed by atoms with van der Waals surface area (Å²) in [6, 6.07) is 12.0. The second-order valence-corrected chi connectivity index (χ2v) is 7.76. The van der Waals surface area contributed by atoms with Gasteiger partial charge in [-0.25, -0.2) is 0 Å². The number of aryl methyl sites for hydroxylation is 1. The molecule has 28 heavy (non-hydrogen) atoms. The van der Waals surface area contributed by atoms with Gasteiger partial charge < -0.3 is 9.80 Å². The first kappa shape index (κ1) is 18.7. The zero-order valence-electron chi connectivity index (χ0n) is 16.5. The minimum atomic E-state index is -0.672. The molecule has 2 aliphatic heterocycles. The van der Waals surface area contributed by atoms with Crippen molar-refractivity contribution in [2.75, 3.05) is 19.6 Å². The Hall–Kier alpha value is -2.63. The van der Waals surface area contributed by atoms with Gasteiger partial charge in [-0.15, -0.1) is 0 Å².